The summed E-state index contributed by atoms with van der Waals surface area (Å²) < 4.78 is 37.8. The van der Waals surface area contributed by atoms with E-state index in [0.717, 1.165) is 11.1 Å². The van der Waals surface area contributed by atoms with E-state index in [1.54, 1.807) is 17.0 Å². The van der Waals surface area contributed by atoms with Gasteiger partial charge >= 0.3 is 12.2 Å². The molecule has 1 aliphatic heterocycles. The molecule has 1 aromatic heterocycles. The van der Waals surface area contributed by atoms with Crippen molar-refractivity contribution in [3.8, 4) is 0 Å². The number of amides is 2. The molecule has 160 valence electrons. The highest BCUT2D eigenvalue weighted by Gasteiger charge is 2.34. The van der Waals surface area contributed by atoms with Crippen LogP contribution < -0.4 is 15.1 Å². The Kier molecular flexibility index (Phi) is 5.26. The molecule has 9 heteroatoms. The first kappa shape index (κ1) is 20.6. The maximum Gasteiger partial charge on any atom is 0.405 e. The van der Waals surface area contributed by atoms with Gasteiger partial charge in [-0.1, -0.05) is 35.4 Å². The second kappa shape index (κ2) is 7.90. The summed E-state index contributed by atoms with van der Waals surface area (Å²) >= 11 is 0. The summed E-state index contributed by atoms with van der Waals surface area (Å²) in [6.07, 6.45) is -2.95. The minimum Gasteiger partial charge on any atom is -0.345 e. The Morgan fingerprint density at radius 3 is 2.13 bits per heavy atom. The first-order valence-electron chi connectivity index (χ1n) is 9.63. The first-order valence-corrected chi connectivity index (χ1v) is 9.63. The zero-order valence-corrected chi connectivity index (χ0v) is 16.9. The number of hydrogen-bond donors (Lipinski definition) is 1. The van der Waals surface area contributed by atoms with Gasteiger partial charge < -0.3 is 5.32 Å². The number of halogens is 3. The second-order valence-electron chi connectivity index (χ2n) is 7.39. The van der Waals surface area contributed by atoms with Gasteiger partial charge in [-0.25, -0.2) is 14.7 Å². The number of nitrogens with one attached hydrogen (secondary N) is 1. The van der Waals surface area contributed by atoms with Crippen LogP contribution in [0.15, 0.2) is 54.7 Å². The van der Waals surface area contributed by atoms with Crippen molar-refractivity contribution in [3.63, 3.8) is 0 Å². The number of urea groups is 1. The Hall–Kier alpha value is -3.62. The van der Waals surface area contributed by atoms with E-state index in [0.29, 0.717) is 16.9 Å². The number of hydrogen-bond acceptors (Lipinski definition) is 4. The van der Waals surface area contributed by atoms with E-state index < -0.39 is 12.7 Å². The van der Waals surface area contributed by atoms with Gasteiger partial charge in [0.25, 0.3) is 0 Å². The Morgan fingerprint density at radius 1 is 0.968 bits per heavy atom. The number of aromatic nitrogens is 2. The fraction of sp³-hybridized carbons (Fsp3) is 0.227. The summed E-state index contributed by atoms with van der Waals surface area (Å²) in [5, 5.41) is 2.18. The lowest BCUT2D eigenvalue weighted by Gasteiger charge is -2.36. The van der Waals surface area contributed by atoms with Gasteiger partial charge in [-0.3, -0.25) is 4.90 Å². The highest BCUT2D eigenvalue weighted by atomic mass is 19.4. The maximum atomic E-state index is 13.5. The van der Waals surface area contributed by atoms with E-state index in [4.69, 9.17) is 0 Å². The van der Waals surface area contributed by atoms with Crippen molar-refractivity contribution in [2.24, 2.45) is 0 Å². The van der Waals surface area contributed by atoms with Crippen LogP contribution in [0.2, 0.25) is 0 Å². The van der Waals surface area contributed by atoms with Crippen LogP contribution in [0.5, 0.6) is 0 Å². The normalized spacial score (nSPS) is 13.9. The number of rotatable bonds is 4. The Balaban J connectivity index is 1.77. The van der Waals surface area contributed by atoms with Crippen LogP contribution in [0.4, 0.5) is 41.1 Å². The van der Waals surface area contributed by atoms with Gasteiger partial charge in [-0.15, -0.1) is 0 Å². The van der Waals surface area contributed by atoms with E-state index >= 15 is 0 Å². The van der Waals surface area contributed by atoms with Crippen molar-refractivity contribution in [2.75, 3.05) is 21.7 Å². The van der Waals surface area contributed by atoms with Gasteiger partial charge in [0.2, 0.25) is 5.95 Å². The smallest absolute Gasteiger partial charge is 0.345 e. The van der Waals surface area contributed by atoms with Gasteiger partial charge in [0, 0.05) is 17.4 Å². The highest BCUT2D eigenvalue weighted by molar-refractivity contribution is 6.10. The lowest BCUT2D eigenvalue weighted by Crippen LogP contribution is -2.45. The lowest BCUT2D eigenvalue weighted by atomic mass is 10.1. The number of carbonyl (C=O) groups is 1. The molecule has 0 radical (unpaired) electrons. The molecular weight excluding hydrogens is 407 g/mol. The van der Waals surface area contributed by atoms with E-state index in [-0.39, 0.29) is 24.3 Å². The third-order valence-electron chi connectivity index (χ3n) is 4.89. The van der Waals surface area contributed by atoms with Crippen molar-refractivity contribution in [3.05, 3.63) is 71.4 Å². The van der Waals surface area contributed by atoms with Crippen LogP contribution in [0, 0.1) is 13.8 Å². The molecule has 0 spiro atoms. The summed E-state index contributed by atoms with van der Waals surface area (Å²) in [6, 6.07) is 14.5. The molecule has 1 aliphatic rings. The van der Waals surface area contributed by atoms with Gasteiger partial charge in [0.05, 0.1) is 12.2 Å². The molecule has 1 N–H and O–H groups in total. The number of carbonyl (C=O) groups excluding carboxylic acids is 1. The molecule has 0 saturated carbocycles. The Morgan fingerprint density at radius 2 is 1.55 bits per heavy atom. The number of nitrogens with zero attached hydrogens (tertiary/aromatic N) is 4. The average molecular weight is 427 g/mol. The quantitative estimate of drug-likeness (QED) is 0.610. The Labute approximate surface area is 177 Å². The number of fused-ring (bicyclic) bond motifs is 1. The number of aryl methyl sites for hydroxylation is 2. The molecule has 0 unspecified atom stereocenters. The third-order valence-corrected chi connectivity index (χ3v) is 4.89. The predicted molar refractivity (Wildman–Crippen MR) is 113 cm³/mol. The van der Waals surface area contributed by atoms with Crippen LogP contribution in [0.25, 0.3) is 0 Å². The molecule has 0 bridgehead atoms. The minimum absolute atomic E-state index is 0.190. The fourth-order valence-electron chi connectivity index (χ4n) is 3.27. The van der Waals surface area contributed by atoms with Crippen molar-refractivity contribution < 1.29 is 18.0 Å². The molecule has 0 aliphatic carbocycles. The molecule has 2 aromatic carbocycles. The van der Waals surface area contributed by atoms with Crippen LogP contribution in [0.1, 0.15) is 16.7 Å². The zero-order chi connectivity index (χ0) is 22.2. The van der Waals surface area contributed by atoms with Crippen LogP contribution in [0.3, 0.4) is 0 Å². The summed E-state index contributed by atoms with van der Waals surface area (Å²) in [6.45, 7) is 2.83. The van der Waals surface area contributed by atoms with Crippen LogP contribution >= 0.6 is 0 Å². The minimum atomic E-state index is -4.41. The molecule has 0 saturated heterocycles. The summed E-state index contributed by atoms with van der Waals surface area (Å²) in [4.78, 5) is 24.7. The van der Waals surface area contributed by atoms with Crippen molar-refractivity contribution >= 4 is 29.2 Å². The molecule has 4 rings (SSSR count). The van der Waals surface area contributed by atoms with Crippen molar-refractivity contribution in [2.45, 2.75) is 26.6 Å². The van der Waals surface area contributed by atoms with Crippen molar-refractivity contribution in [1.29, 1.82) is 0 Å². The Bertz CT molecular complexity index is 1100. The monoisotopic (exact) mass is 427 g/mol. The summed E-state index contributed by atoms with van der Waals surface area (Å²) in [5.74, 6) is 0.0710. The van der Waals surface area contributed by atoms with E-state index in [1.807, 2.05) is 50.2 Å². The average Bonchev–Trinajstić information content (AvgIpc) is 2.73. The highest BCUT2D eigenvalue weighted by Crippen LogP contribution is 2.36. The second-order valence-corrected chi connectivity index (χ2v) is 7.39. The molecular formula is C22H20F3N5O. The molecule has 0 atom stereocenters. The maximum absolute atomic E-state index is 13.5. The van der Waals surface area contributed by atoms with Crippen LogP contribution in [-0.2, 0) is 6.54 Å². The summed E-state index contributed by atoms with van der Waals surface area (Å²) in [7, 11) is 0. The van der Waals surface area contributed by atoms with Gasteiger partial charge in [-0.2, -0.15) is 18.2 Å². The summed E-state index contributed by atoms with van der Waals surface area (Å²) in [5.41, 5.74) is 3.97. The molecule has 6 nitrogen and oxygen atoms in total. The largest absolute Gasteiger partial charge is 0.405 e. The van der Waals surface area contributed by atoms with E-state index in [2.05, 4.69) is 15.3 Å². The number of benzene rings is 2. The van der Waals surface area contributed by atoms with Gasteiger partial charge in [0.1, 0.15) is 6.54 Å². The molecule has 0 fully saturated rings. The van der Waals surface area contributed by atoms with Gasteiger partial charge in [0.15, 0.2) is 5.82 Å². The van der Waals surface area contributed by atoms with Crippen LogP contribution in [-0.4, -0.2) is 28.7 Å². The molecule has 31 heavy (non-hydrogen) atoms. The topological polar surface area (TPSA) is 61.4 Å². The third kappa shape index (κ3) is 4.45. The number of anilines is 4. The molecule has 2 heterocycles. The molecule has 2 amide bonds. The first-order chi connectivity index (χ1) is 14.7. The fourth-order valence-corrected chi connectivity index (χ4v) is 3.27. The molecule has 3 aromatic rings. The predicted octanol–water partition coefficient (Wildman–Crippen LogP) is 5.35. The van der Waals surface area contributed by atoms with E-state index in [1.165, 1.54) is 11.1 Å². The lowest BCUT2D eigenvalue weighted by molar-refractivity contribution is -0.115. The standard InChI is InChI=1S/C22H20F3N5O/c1-14-3-7-17(8-4-14)29-12-16-11-26-20(27-13-22(23,24)25)28-19(16)30(21(29)31)18-9-5-15(2)6-10-18/h3-11H,12-13H2,1-2H3,(H,26,27,28). The van der Waals surface area contributed by atoms with Gasteiger partial charge in [-0.05, 0) is 38.1 Å². The number of alkyl halides is 3. The SMILES string of the molecule is Cc1ccc(N2Cc3cnc(NCC(F)(F)F)nc3N(c3ccc(C)cc3)C2=O)cc1. The van der Waals surface area contributed by atoms with Crippen molar-refractivity contribution in [1.82, 2.24) is 9.97 Å². The van der Waals surface area contributed by atoms with E-state index in [9.17, 15) is 18.0 Å². The zero-order valence-electron chi connectivity index (χ0n) is 16.9.